The van der Waals surface area contributed by atoms with Crippen molar-refractivity contribution < 1.29 is 4.79 Å². The molecule has 6 nitrogen and oxygen atoms in total. The Morgan fingerprint density at radius 1 is 1.22 bits per heavy atom. The Hall–Kier alpha value is -2.38. The molecule has 8 heteroatoms. The first-order chi connectivity index (χ1) is 13.2. The van der Waals surface area contributed by atoms with Gasteiger partial charge in [-0.1, -0.05) is 47.6 Å². The van der Waals surface area contributed by atoms with Crippen LogP contribution in [-0.4, -0.2) is 31.9 Å². The Morgan fingerprint density at radius 2 is 2.04 bits per heavy atom. The summed E-state index contributed by atoms with van der Waals surface area (Å²) in [6.45, 7) is 0. The van der Waals surface area contributed by atoms with E-state index in [2.05, 4.69) is 39.0 Å². The third-order valence-electron chi connectivity index (χ3n) is 4.55. The molecule has 0 aliphatic heterocycles. The Morgan fingerprint density at radius 3 is 2.89 bits per heavy atom. The number of aryl methyl sites for hydroxylation is 1. The SMILES string of the molecule is O=C(CSc1nnnn1-c1ccc(Cl)cc1)N[C@@H]1CCCc2ccccc21. The van der Waals surface area contributed by atoms with Crippen LogP contribution >= 0.6 is 23.4 Å². The predicted molar refractivity (Wildman–Crippen MR) is 105 cm³/mol. The van der Waals surface area contributed by atoms with Crippen molar-refractivity contribution >= 4 is 29.3 Å². The van der Waals surface area contributed by atoms with E-state index in [4.69, 9.17) is 11.6 Å². The van der Waals surface area contributed by atoms with E-state index in [0.29, 0.717) is 10.2 Å². The van der Waals surface area contributed by atoms with Crippen molar-refractivity contribution in [1.29, 1.82) is 0 Å². The highest BCUT2D eigenvalue weighted by Gasteiger charge is 2.21. The molecule has 1 N–H and O–H groups in total. The lowest BCUT2D eigenvalue weighted by atomic mass is 9.88. The Kier molecular flexibility index (Phi) is 5.40. The number of carbonyl (C=O) groups is 1. The van der Waals surface area contributed by atoms with Crippen LogP contribution in [-0.2, 0) is 11.2 Å². The minimum atomic E-state index is -0.0210. The predicted octanol–water partition coefficient (Wildman–Crippen LogP) is 3.60. The van der Waals surface area contributed by atoms with Crippen LogP contribution in [0.2, 0.25) is 5.02 Å². The highest BCUT2D eigenvalue weighted by molar-refractivity contribution is 7.99. The summed E-state index contributed by atoms with van der Waals surface area (Å²) in [5.41, 5.74) is 3.36. The normalized spacial score (nSPS) is 16.0. The van der Waals surface area contributed by atoms with Crippen LogP contribution in [0, 0.1) is 0 Å². The Balaban J connectivity index is 1.40. The monoisotopic (exact) mass is 399 g/mol. The van der Waals surface area contributed by atoms with Crippen molar-refractivity contribution in [3.8, 4) is 5.69 Å². The molecule has 0 saturated carbocycles. The zero-order chi connectivity index (χ0) is 18.6. The second kappa shape index (κ2) is 8.10. The van der Waals surface area contributed by atoms with Crippen LogP contribution < -0.4 is 5.32 Å². The molecule has 1 aliphatic carbocycles. The number of tetrazole rings is 1. The number of hydrogen-bond acceptors (Lipinski definition) is 5. The van der Waals surface area contributed by atoms with Gasteiger partial charge < -0.3 is 5.32 Å². The molecule has 3 aromatic rings. The largest absolute Gasteiger partial charge is 0.349 e. The van der Waals surface area contributed by atoms with Crippen LogP contribution in [0.3, 0.4) is 0 Å². The summed E-state index contributed by atoms with van der Waals surface area (Å²) in [5, 5.41) is 16.1. The molecule has 0 radical (unpaired) electrons. The maximum Gasteiger partial charge on any atom is 0.230 e. The van der Waals surface area contributed by atoms with Gasteiger partial charge in [0.15, 0.2) is 0 Å². The van der Waals surface area contributed by atoms with Crippen LogP contribution in [0.5, 0.6) is 0 Å². The zero-order valence-electron chi connectivity index (χ0n) is 14.5. The van der Waals surface area contributed by atoms with Crippen LogP contribution in [0.25, 0.3) is 5.69 Å². The van der Waals surface area contributed by atoms with Gasteiger partial charge >= 0.3 is 0 Å². The second-order valence-corrected chi connectivity index (χ2v) is 7.73. The summed E-state index contributed by atoms with van der Waals surface area (Å²) in [7, 11) is 0. The topological polar surface area (TPSA) is 72.7 Å². The lowest BCUT2D eigenvalue weighted by molar-refractivity contribution is -0.119. The summed E-state index contributed by atoms with van der Waals surface area (Å²) in [6, 6.07) is 15.6. The highest BCUT2D eigenvalue weighted by Crippen LogP contribution is 2.29. The molecule has 27 heavy (non-hydrogen) atoms. The lowest BCUT2D eigenvalue weighted by Gasteiger charge is -2.26. The Labute approximate surface area is 166 Å². The van der Waals surface area contributed by atoms with Gasteiger partial charge in [-0.2, -0.15) is 4.68 Å². The van der Waals surface area contributed by atoms with Gasteiger partial charge in [0.2, 0.25) is 11.1 Å². The maximum atomic E-state index is 12.5. The molecule has 1 amide bonds. The van der Waals surface area contributed by atoms with Gasteiger partial charge in [-0.25, -0.2) is 0 Å². The van der Waals surface area contributed by atoms with E-state index in [1.165, 1.54) is 22.9 Å². The third-order valence-corrected chi connectivity index (χ3v) is 5.72. The summed E-state index contributed by atoms with van der Waals surface area (Å²) in [6.07, 6.45) is 3.13. The summed E-state index contributed by atoms with van der Waals surface area (Å²) in [4.78, 5) is 12.5. The number of nitrogens with one attached hydrogen (secondary N) is 1. The lowest BCUT2D eigenvalue weighted by Crippen LogP contribution is -2.32. The standard InChI is InChI=1S/C19H18ClN5OS/c20-14-8-10-15(11-9-14)25-19(22-23-24-25)27-12-18(26)21-17-7-3-5-13-4-1-2-6-16(13)17/h1-2,4,6,8-11,17H,3,5,7,12H2,(H,21,26)/t17-/m1/s1. The molecule has 0 unspecified atom stereocenters. The first-order valence-corrected chi connectivity index (χ1v) is 10.1. The molecule has 1 aliphatic rings. The zero-order valence-corrected chi connectivity index (χ0v) is 16.1. The van der Waals surface area contributed by atoms with Crippen LogP contribution in [0.4, 0.5) is 0 Å². The first kappa shape index (κ1) is 18.0. The fraction of sp³-hybridized carbons (Fsp3) is 0.263. The minimum Gasteiger partial charge on any atom is -0.349 e. The van der Waals surface area contributed by atoms with E-state index in [9.17, 15) is 4.79 Å². The highest BCUT2D eigenvalue weighted by atomic mass is 35.5. The van der Waals surface area contributed by atoms with E-state index in [0.717, 1.165) is 24.9 Å². The number of amides is 1. The molecule has 138 valence electrons. The summed E-state index contributed by atoms with van der Waals surface area (Å²) >= 11 is 7.24. The number of thioether (sulfide) groups is 1. The number of carbonyl (C=O) groups excluding carboxylic acids is 1. The smallest absolute Gasteiger partial charge is 0.230 e. The second-order valence-electron chi connectivity index (χ2n) is 6.35. The first-order valence-electron chi connectivity index (χ1n) is 8.75. The van der Waals surface area contributed by atoms with Gasteiger partial charge in [0.1, 0.15) is 0 Å². The van der Waals surface area contributed by atoms with Gasteiger partial charge in [-0.05, 0) is 65.1 Å². The molecule has 0 saturated heterocycles. The number of fused-ring (bicyclic) bond motifs is 1. The molecule has 4 rings (SSSR count). The van der Waals surface area contributed by atoms with Gasteiger partial charge in [-0.15, -0.1) is 5.10 Å². The van der Waals surface area contributed by atoms with Crippen molar-refractivity contribution in [3.63, 3.8) is 0 Å². The Bertz CT molecular complexity index is 943. The molecular weight excluding hydrogens is 382 g/mol. The number of aromatic nitrogens is 4. The van der Waals surface area contributed by atoms with Gasteiger partial charge in [-0.3, -0.25) is 4.79 Å². The van der Waals surface area contributed by atoms with E-state index in [1.807, 2.05) is 18.2 Å². The van der Waals surface area contributed by atoms with E-state index < -0.39 is 0 Å². The summed E-state index contributed by atoms with van der Waals surface area (Å²) in [5.74, 6) is 0.236. The van der Waals surface area contributed by atoms with E-state index in [1.54, 1.807) is 16.8 Å². The summed E-state index contributed by atoms with van der Waals surface area (Å²) < 4.78 is 1.60. The number of benzene rings is 2. The molecule has 0 fully saturated rings. The minimum absolute atomic E-state index is 0.0210. The van der Waals surface area contributed by atoms with Gasteiger partial charge in [0.25, 0.3) is 0 Å². The van der Waals surface area contributed by atoms with E-state index >= 15 is 0 Å². The fourth-order valence-corrected chi connectivity index (χ4v) is 4.11. The van der Waals surface area contributed by atoms with Crippen molar-refractivity contribution in [2.75, 3.05) is 5.75 Å². The number of hydrogen-bond donors (Lipinski definition) is 1. The number of rotatable bonds is 5. The molecular formula is C19H18ClN5OS. The van der Waals surface area contributed by atoms with Crippen molar-refractivity contribution in [3.05, 3.63) is 64.7 Å². The average Bonchev–Trinajstić information content (AvgIpc) is 3.16. The van der Waals surface area contributed by atoms with Crippen molar-refractivity contribution in [2.24, 2.45) is 0 Å². The van der Waals surface area contributed by atoms with Gasteiger partial charge in [0.05, 0.1) is 17.5 Å². The quantitative estimate of drug-likeness (QED) is 0.663. The van der Waals surface area contributed by atoms with Crippen molar-refractivity contribution in [2.45, 2.75) is 30.5 Å². The van der Waals surface area contributed by atoms with Crippen LogP contribution in [0.1, 0.15) is 30.0 Å². The van der Waals surface area contributed by atoms with Crippen LogP contribution in [0.15, 0.2) is 53.7 Å². The van der Waals surface area contributed by atoms with E-state index in [-0.39, 0.29) is 17.7 Å². The molecule has 2 aromatic carbocycles. The molecule has 1 atom stereocenters. The number of nitrogens with zero attached hydrogens (tertiary/aromatic N) is 4. The maximum absolute atomic E-state index is 12.5. The molecule has 0 spiro atoms. The van der Waals surface area contributed by atoms with Gasteiger partial charge in [0, 0.05) is 5.02 Å². The number of halogens is 1. The third kappa shape index (κ3) is 4.14. The average molecular weight is 400 g/mol. The molecule has 1 aromatic heterocycles. The molecule has 0 bridgehead atoms. The molecule has 1 heterocycles. The fourth-order valence-electron chi connectivity index (χ4n) is 3.28. The van der Waals surface area contributed by atoms with Crippen molar-refractivity contribution in [1.82, 2.24) is 25.5 Å².